The molecule has 0 fully saturated rings. The van der Waals surface area contributed by atoms with Crippen molar-refractivity contribution in [3.05, 3.63) is 29.6 Å². The van der Waals surface area contributed by atoms with Crippen LogP contribution < -0.4 is 10.1 Å². The highest BCUT2D eigenvalue weighted by molar-refractivity contribution is 5.97. The topological polar surface area (TPSA) is 55.4 Å². The van der Waals surface area contributed by atoms with Crippen molar-refractivity contribution in [3.63, 3.8) is 0 Å². The van der Waals surface area contributed by atoms with Gasteiger partial charge in [-0.15, -0.1) is 0 Å². The summed E-state index contributed by atoms with van der Waals surface area (Å²) in [6.45, 7) is 8.47. The molecule has 20 heavy (non-hydrogen) atoms. The van der Waals surface area contributed by atoms with Gasteiger partial charge in [-0.05, 0) is 52.8 Å². The van der Waals surface area contributed by atoms with E-state index in [0.717, 1.165) is 6.07 Å². The number of benzene rings is 1. The molecule has 0 spiro atoms. The summed E-state index contributed by atoms with van der Waals surface area (Å²) in [5, 5.41) is 2.78. The summed E-state index contributed by atoms with van der Waals surface area (Å²) >= 11 is 0. The predicted molar refractivity (Wildman–Crippen MR) is 74.4 cm³/mol. The Balaban J connectivity index is 2.88. The number of Topliss-reactive ketones (excluding diaryl/α,β-unsaturated/α-hetero) is 1. The molecule has 1 rings (SSSR count). The van der Waals surface area contributed by atoms with Crippen LogP contribution in [0.25, 0.3) is 0 Å². The zero-order chi connectivity index (χ0) is 15.5. The van der Waals surface area contributed by atoms with E-state index in [-0.39, 0.29) is 28.5 Å². The number of halogens is 1. The average molecular weight is 281 g/mol. The van der Waals surface area contributed by atoms with Crippen molar-refractivity contribution < 1.29 is 18.7 Å². The largest absolute Gasteiger partial charge is 0.480 e. The molecule has 0 aliphatic rings. The molecular formula is C15H20FNO3. The molecule has 0 aliphatic heterocycles. The van der Waals surface area contributed by atoms with E-state index >= 15 is 0 Å². The number of carbonyl (C=O) groups excluding carboxylic acids is 2. The smallest absolute Gasteiger partial charge is 0.261 e. The van der Waals surface area contributed by atoms with Crippen LogP contribution in [0.15, 0.2) is 18.2 Å². The number of rotatable bonds is 4. The molecule has 1 unspecified atom stereocenters. The van der Waals surface area contributed by atoms with Crippen LogP contribution in [0.2, 0.25) is 0 Å². The van der Waals surface area contributed by atoms with Gasteiger partial charge < -0.3 is 10.1 Å². The highest BCUT2D eigenvalue weighted by Gasteiger charge is 2.22. The highest BCUT2D eigenvalue weighted by atomic mass is 19.1. The molecule has 1 N–H and O–H groups in total. The van der Waals surface area contributed by atoms with Gasteiger partial charge >= 0.3 is 0 Å². The second kappa shape index (κ2) is 6.03. The van der Waals surface area contributed by atoms with E-state index in [1.165, 1.54) is 19.1 Å². The van der Waals surface area contributed by atoms with Gasteiger partial charge in [-0.3, -0.25) is 9.59 Å². The van der Waals surface area contributed by atoms with E-state index in [4.69, 9.17) is 4.74 Å². The van der Waals surface area contributed by atoms with Gasteiger partial charge in [-0.25, -0.2) is 4.39 Å². The Bertz CT molecular complexity index is 520. The lowest BCUT2D eigenvalue weighted by Crippen LogP contribution is -2.46. The van der Waals surface area contributed by atoms with Crippen molar-refractivity contribution in [2.75, 3.05) is 0 Å². The number of hydrogen-bond donors (Lipinski definition) is 1. The third-order valence-corrected chi connectivity index (χ3v) is 2.49. The monoisotopic (exact) mass is 281 g/mol. The molecule has 0 aliphatic carbocycles. The zero-order valence-corrected chi connectivity index (χ0v) is 12.4. The maximum Gasteiger partial charge on any atom is 0.261 e. The first-order chi connectivity index (χ1) is 9.10. The van der Waals surface area contributed by atoms with Crippen LogP contribution in [-0.4, -0.2) is 23.3 Å². The van der Waals surface area contributed by atoms with Crippen molar-refractivity contribution in [1.82, 2.24) is 5.32 Å². The third-order valence-electron chi connectivity index (χ3n) is 2.49. The standard InChI is InChI=1S/C15H20FNO3/c1-9(18)12-8-11(16)6-7-13(12)20-10(2)14(19)17-15(3,4)5/h6-8,10H,1-5H3,(H,17,19). The van der Waals surface area contributed by atoms with Crippen molar-refractivity contribution in [3.8, 4) is 5.75 Å². The molecule has 0 saturated heterocycles. The van der Waals surface area contributed by atoms with E-state index in [9.17, 15) is 14.0 Å². The lowest BCUT2D eigenvalue weighted by Gasteiger charge is -2.24. The number of nitrogens with one attached hydrogen (secondary N) is 1. The number of hydrogen-bond acceptors (Lipinski definition) is 3. The average Bonchev–Trinajstić information content (AvgIpc) is 2.28. The van der Waals surface area contributed by atoms with Gasteiger partial charge in [0, 0.05) is 5.54 Å². The minimum Gasteiger partial charge on any atom is -0.480 e. The van der Waals surface area contributed by atoms with Crippen LogP contribution >= 0.6 is 0 Å². The van der Waals surface area contributed by atoms with Crippen molar-refractivity contribution in [2.45, 2.75) is 46.3 Å². The van der Waals surface area contributed by atoms with Gasteiger partial charge in [0.25, 0.3) is 5.91 Å². The van der Waals surface area contributed by atoms with Crippen molar-refractivity contribution in [1.29, 1.82) is 0 Å². The zero-order valence-electron chi connectivity index (χ0n) is 12.4. The Morgan fingerprint density at radius 2 is 1.90 bits per heavy atom. The Hall–Kier alpha value is -1.91. The second-order valence-electron chi connectivity index (χ2n) is 5.70. The number of amides is 1. The van der Waals surface area contributed by atoms with Gasteiger partial charge in [0.2, 0.25) is 0 Å². The fourth-order valence-corrected chi connectivity index (χ4v) is 1.60. The summed E-state index contributed by atoms with van der Waals surface area (Å²) in [5.74, 6) is -0.927. The molecule has 5 heteroatoms. The van der Waals surface area contributed by atoms with Crippen LogP contribution in [0.1, 0.15) is 45.0 Å². The molecule has 0 heterocycles. The highest BCUT2D eigenvalue weighted by Crippen LogP contribution is 2.21. The Kier molecular flexibility index (Phi) is 4.87. The van der Waals surface area contributed by atoms with Crippen LogP contribution in [0.5, 0.6) is 5.75 Å². The lowest BCUT2D eigenvalue weighted by molar-refractivity contribution is -0.128. The van der Waals surface area contributed by atoms with Crippen molar-refractivity contribution >= 4 is 11.7 Å². The van der Waals surface area contributed by atoms with Gasteiger partial charge in [-0.1, -0.05) is 0 Å². The number of ether oxygens (including phenoxy) is 1. The summed E-state index contributed by atoms with van der Waals surface area (Å²) in [4.78, 5) is 23.4. The molecule has 0 bridgehead atoms. The molecular weight excluding hydrogens is 261 g/mol. The summed E-state index contributed by atoms with van der Waals surface area (Å²) in [7, 11) is 0. The quantitative estimate of drug-likeness (QED) is 0.863. The first-order valence-electron chi connectivity index (χ1n) is 6.39. The predicted octanol–water partition coefficient (Wildman–Crippen LogP) is 2.71. The van der Waals surface area contributed by atoms with E-state index in [2.05, 4.69) is 5.32 Å². The SMILES string of the molecule is CC(=O)c1cc(F)ccc1OC(C)C(=O)NC(C)(C)C. The molecule has 110 valence electrons. The molecule has 0 aromatic heterocycles. The molecule has 0 saturated carbocycles. The molecule has 0 radical (unpaired) electrons. The maximum absolute atomic E-state index is 13.1. The van der Waals surface area contributed by atoms with Crippen LogP contribution in [-0.2, 0) is 4.79 Å². The van der Waals surface area contributed by atoms with E-state index < -0.39 is 11.9 Å². The molecule has 1 amide bonds. The third kappa shape index (κ3) is 4.64. The van der Waals surface area contributed by atoms with E-state index in [1.54, 1.807) is 6.92 Å². The molecule has 1 aromatic rings. The van der Waals surface area contributed by atoms with Gasteiger partial charge in [0.05, 0.1) is 5.56 Å². The summed E-state index contributed by atoms with van der Waals surface area (Å²) in [5.41, 5.74) is -0.249. The lowest BCUT2D eigenvalue weighted by atomic mass is 10.1. The summed E-state index contributed by atoms with van der Waals surface area (Å²) in [6.07, 6.45) is -0.780. The minimum absolute atomic E-state index is 0.125. The number of carbonyl (C=O) groups is 2. The fraction of sp³-hybridized carbons (Fsp3) is 0.467. The number of ketones is 1. The van der Waals surface area contributed by atoms with Gasteiger partial charge in [0.15, 0.2) is 11.9 Å². The van der Waals surface area contributed by atoms with E-state index in [1.807, 2.05) is 20.8 Å². The maximum atomic E-state index is 13.1. The van der Waals surface area contributed by atoms with E-state index in [0.29, 0.717) is 0 Å². The van der Waals surface area contributed by atoms with Gasteiger partial charge in [0.1, 0.15) is 11.6 Å². The summed E-state index contributed by atoms with van der Waals surface area (Å²) < 4.78 is 18.6. The first kappa shape index (κ1) is 16.1. The first-order valence-corrected chi connectivity index (χ1v) is 6.39. The molecule has 4 nitrogen and oxygen atoms in total. The van der Waals surface area contributed by atoms with Crippen molar-refractivity contribution in [2.24, 2.45) is 0 Å². The van der Waals surface area contributed by atoms with Crippen LogP contribution in [0.3, 0.4) is 0 Å². The Morgan fingerprint density at radius 3 is 2.40 bits per heavy atom. The van der Waals surface area contributed by atoms with Crippen LogP contribution in [0.4, 0.5) is 4.39 Å². The Labute approximate surface area is 118 Å². The van der Waals surface area contributed by atoms with Gasteiger partial charge in [-0.2, -0.15) is 0 Å². The molecule has 1 atom stereocenters. The second-order valence-corrected chi connectivity index (χ2v) is 5.70. The van der Waals surface area contributed by atoms with Crippen LogP contribution in [0, 0.1) is 5.82 Å². The fourth-order valence-electron chi connectivity index (χ4n) is 1.60. The molecule has 1 aromatic carbocycles. The normalized spacial score (nSPS) is 12.7. The Morgan fingerprint density at radius 1 is 1.30 bits per heavy atom. The minimum atomic E-state index is -0.780. The summed E-state index contributed by atoms with van der Waals surface area (Å²) in [6, 6.07) is 3.65.